The van der Waals surface area contributed by atoms with E-state index in [4.69, 9.17) is 10.5 Å². The smallest absolute Gasteiger partial charge is 0.220 e. The molecule has 0 bridgehead atoms. The van der Waals surface area contributed by atoms with E-state index in [0.29, 0.717) is 26.1 Å². The molecule has 4 nitrogen and oxygen atoms in total. The summed E-state index contributed by atoms with van der Waals surface area (Å²) in [6.45, 7) is 8.19. The minimum Gasteiger partial charge on any atom is -0.384 e. The zero-order valence-corrected chi connectivity index (χ0v) is 11.0. The summed E-state index contributed by atoms with van der Waals surface area (Å²) in [6, 6.07) is 0. The molecule has 16 heavy (non-hydrogen) atoms. The van der Waals surface area contributed by atoms with Gasteiger partial charge in [-0.25, -0.2) is 0 Å². The van der Waals surface area contributed by atoms with Crippen LogP contribution in [0, 0.1) is 11.3 Å². The van der Waals surface area contributed by atoms with E-state index in [1.54, 1.807) is 7.11 Å². The third kappa shape index (κ3) is 7.65. The van der Waals surface area contributed by atoms with Crippen LogP contribution in [0.2, 0.25) is 0 Å². The molecule has 0 rings (SSSR count). The van der Waals surface area contributed by atoms with Gasteiger partial charge in [-0.2, -0.15) is 0 Å². The van der Waals surface area contributed by atoms with E-state index in [2.05, 4.69) is 19.2 Å². The maximum Gasteiger partial charge on any atom is 0.220 e. The highest BCUT2D eigenvalue weighted by molar-refractivity contribution is 5.76. The molecule has 0 spiro atoms. The zero-order valence-electron chi connectivity index (χ0n) is 11.0. The summed E-state index contributed by atoms with van der Waals surface area (Å²) in [5.74, 6) is 0.359. The maximum absolute atomic E-state index is 11.6. The predicted molar refractivity (Wildman–Crippen MR) is 66.1 cm³/mol. The fourth-order valence-electron chi connectivity index (χ4n) is 1.55. The normalized spacial score (nSPS) is 13.6. The van der Waals surface area contributed by atoms with Crippen LogP contribution in [0.25, 0.3) is 0 Å². The van der Waals surface area contributed by atoms with E-state index in [1.807, 2.05) is 6.92 Å². The molecule has 3 N–H and O–H groups in total. The molecule has 0 aromatic heterocycles. The summed E-state index contributed by atoms with van der Waals surface area (Å²) >= 11 is 0. The number of rotatable bonds is 8. The van der Waals surface area contributed by atoms with Gasteiger partial charge in [0, 0.05) is 26.7 Å². The van der Waals surface area contributed by atoms with Crippen molar-refractivity contribution in [3.05, 3.63) is 0 Å². The van der Waals surface area contributed by atoms with Crippen LogP contribution in [0.3, 0.4) is 0 Å². The van der Waals surface area contributed by atoms with E-state index >= 15 is 0 Å². The van der Waals surface area contributed by atoms with Crippen LogP contribution < -0.4 is 11.1 Å². The number of hydrogen-bond donors (Lipinski definition) is 2. The minimum atomic E-state index is 0.0783. The van der Waals surface area contributed by atoms with Gasteiger partial charge in [0.05, 0.1) is 0 Å². The zero-order chi connectivity index (χ0) is 12.6. The molecule has 0 aromatic rings. The highest BCUT2D eigenvalue weighted by Gasteiger charge is 2.18. The lowest BCUT2D eigenvalue weighted by molar-refractivity contribution is -0.122. The van der Waals surface area contributed by atoms with Crippen LogP contribution in [0.4, 0.5) is 0 Å². The van der Waals surface area contributed by atoms with Crippen molar-refractivity contribution in [2.45, 2.75) is 33.6 Å². The first kappa shape index (κ1) is 15.4. The Hall–Kier alpha value is -0.610. The molecule has 0 heterocycles. The van der Waals surface area contributed by atoms with Crippen molar-refractivity contribution in [2.75, 3.05) is 26.8 Å². The lowest BCUT2D eigenvalue weighted by Crippen LogP contribution is -2.36. The SMILES string of the molecule is COCC(C)CC(=O)NCC(C)(C)CCN. The van der Waals surface area contributed by atoms with Crippen LogP contribution in [0.15, 0.2) is 0 Å². The summed E-state index contributed by atoms with van der Waals surface area (Å²) in [5, 5.41) is 2.95. The van der Waals surface area contributed by atoms with E-state index < -0.39 is 0 Å². The first-order valence-electron chi connectivity index (χ1n) is 5.87. The summed E-state index contributed by atoms with van der Waals surface area (Å²) in [5.41, 5.74) is 5.59. The summed E-state index contributed by atoms with van der Waals surface area (Å²) < 4.78 is 4.99. The Morgan fingerprint density at radius 3 is 2.62 bits per heavy atom. The summed E-state index contributed by atoms with van der Waals surface area (Å²) in [6.07, 6.45) is 1.44. The Bertz CT molecular complexity index is 205. The fourth-order valence-corrected chi connectivity index (χ4v) is 1.55. The Labute approximate surface area is 98.9 Å². The highest BCUT2D eigenvalue weighted by atomic mass is 16.5. The number of ether oxygens (including phenoxy) is 1. The average molecular weight is 230 g/mol. The molecule has 0 fully saturated rings. The van der Waals surface area contributed by atoms with Crippen molar-refractivity contribution < 1.29 is 9.53 Å². The lowest BCUT2D eigenvalue weighted by atomic mass is 9.89. The second kappa shape index (κ2) is 7.63. The fraction of sp³-hybridized carbons (Fsp3) is 0.917. The molecule has 0 aromatic carbocycles. The number of nitrogens with one attached hydrogen (secondary N) is 1. The Morgan fingerprint density at radius 2 is 2.12 bits per heavy atom. The molecular weight excluding hydrogens is 204 g/mol. The standard InChI is InChI=1S/C12H26N2O2/c1-10(8-16-4)7-11(15)14-9-12(2,3)5-6-13/h10H,5-9,13H2,1-4H3,(H,14,15). The molecule has 0 radical (unpaired) electrons. The Morgan fingerprint density at radius 1 is 1.50 bits per heavy atom. The average Bonchev–Trinajstić information content (AvgIpc) is 2.15. The van der Waals surface area contributed by atoms with Crippen molar-refractivity contribution >= 4 is 5.91 Å². The third-order valence-corrected chi connectivity index (χ3v) is 2.57. The van der Waals surface area contributed by atoms with Crippen LogP contribution in [0.1, 0.15) is 33.6 Å². The monoisotopic (exact) mass is 230 g/mol. The van der Waals surface area contributed by atoms with Crippen molar-refractivity contribution in [2.24, 2.45) is 17.1 Å². The van der Waals surface area contributed by atoms with E-state index in [-0.39, 0.29) is 17.2 Å². The van der Waals surface area contributed by atoms with E-state index in [1.165, 1.54) is 0 Å². The number of amides is 1. The first-order valence-corrected chi connectivity index (χ1v) is 5.87. The van der Waals surface area contributed by atoms with Crippen LogP contribution in [-0.2, 0) is 9.53 Å². The second-order valence-electron chi connectivity index (χ2n) is 5.24. The van der Waals surface area contributed by atoms with Gasteiger partial charge in [0.2, 0.25) is 5.91 Å². The molecule has 1 unspecified atom stereocenters. The van der Waals surface area contributed by atoms with Gasteiger partial charge in [0.15, 0.2) is 0 Å². The topological polar surface area (TPSA) is 64.3 Å². The van der Waals surface area contributed by atoms with E-state index in [0.717, 1.165) is 6.42 Å². The highest BCUT2D eigenvalue weighted by Crippen LogP contribution is 2.17. The number of carbonyl (C=O) groups is 1. The van der Waals surface area contributed by atoms with Crippen molar-refractivity contribution in [3.63, 3.8) is 0 Å². The molecule has 4 heteroatoms. The van der Waals surface area contributed by atoms with Gasteiger partial charge >= 0.3 is 0 Å². The number of methoxy groups -OCH3 is 1. The lowest BCUT2D eigenvalue weighted by Gasteiger charge is -2.24. The molecule has 1 amide bonds. The van der Waals surface area contributed by atoms with Gasteiger partial charge in [-0.3, -0.25) is 4.79 Å². The molecule has 0 saturated carbocycles. The van der Waals surface area contributed by atoms with Crippen LogP contribution in [-0.4, -0.2) is 32.7 Å². The molecular formula is C12H26N2O2. The largest absolute Gasteiger partial charge is 0.384 e. The van der Waals surface area contributed by atoms with Crippen molar-refractivity contribution in [1.82, 2.24) is 5.32 Å². The Balaban J connectivity index is 3.80. The van der Waals surface area contributed by atoms with Crippen LogP contribution >= 0.6 is 0 Å². The number of nitrogens with two attached hydrogens (primary N) is 1. The predicted octanol–water partition coefficient (Wildman–Crippen LogP) is 1.15. The quantitative estimate of drug-likeness (QED) is 0.657. The van der Waals surface area contributed by atoms with Crippen molar-refractivity contribution in [1.29, 1.82) is 0 Å². The van der Waals surface area contributed by atoms with E-state index in [9.17, 15) is 4.79 Å². The third-order valence-electron chi connectivity index (χ3n) is 2.57. The number of hydrogen-bond acceptors (Lipinski definition) is 3. The molecule has 0 aliphatic heterocycles. The first-order chi connectivity index (χ1) is 7.41. The van der Waals surface area contributed by atoms with Gasteiger partial charge in [-0.15, -0.1) is 0 Å². The molecule has 0 saturated heterocycles. The molecule has 0 aliphatic carbocycles. The Kier molecular flexibility index (Phi) is 7.34. The van der Waals surface area contributed by atoms with Crippen LogP contribution in [0.5, 0.6) is 0 Å². The van der Waals surface area contributed by atoms with Crippen molar-refractivity contribution in [3.8, 4) is 0 Å². The summed E-state index contributed by atoms with van der Waals surface area (Å²) in [7, 11) is 1.65. The second-order valence-corrected chi connectivity index (χ2v) is 5.24. The minimum absolute atomic E-state index is 0.0783. The molecule has 1 atom stereocenters. The van der Waals surface area contributed by atoms with Gasteiger partial charge in [-0.05, 0) is 24.3 Å². The van der Waals surface area contributed by atoms with Gasteiger partial charge in [0.1, 0.15) is 0 Å². The van der Waals surface area contributed by atoms with Gasteiger partial charge < -0.3 is 15.8 Å². The number of carbonyl (C=O) groups excluding carboxylic acids is 1. The summed E-state index contributed by atoms with van der Waals surface area (Å²) in [4.78, 5) is 11.6. The molecule has 0 aliphatic rings. The van der Waals surface area contributed by atoms with Gasteiger partial charge in [0.25, 0.3) is 0 Å². The van der Waals surface area contributed by atoms with Gasteiger partial charge in [-0.1, -0.05) is 20.8 Å². The maximum atomic E-state index is 11.6. The molecule has 96 valence electrons.